The summed E-state index contributed by atoms with van der Waals surface area (Å²) in [6.07, 6.45) is 0.462. The van der Waals surface area contributed by atoms with Crippen LogP contribution in [0, 0.1) is 0 Å². The van der Waals surface area contributed by atoms with Gasteiger partial charge in [0.25, 0.3) is 0 Å². The number of halogens is 3. The lowest BCUT2D eigenvalue weighted by Crippen LogP contribution is -2.24. The van der Waals surface area contributed by atoms with Crippen LogP contribution in [0.3, 0.4) is 0 Å². The second-order valence-electron chi connectivity index (χ2n) is 3.56. The van der Waals surface area contributed by atoms with Gasteiger partial charge in [0.2, 0.25) is 5.91 Å². The monoisotopic (exact) mass is 411 g/mol. The van der Waals surface area contributed by atoms with E-state index < -0.39 is 0 Å². The maximum atomic E-state index is 11.7. The number of phenolic OH excluding ortho intramolecular Hbond substituents is 1. The summed E-state index contributed by atoms with van der Waals surface area (Å²) in [5.74, 6) is 0.111. The molecule has 1 aromatic rings. The van der Waals surface area contributed by atoms with Gasteiger partial charge in [-0.2, -0.15) is 0 Å². The molecule has 1 N–H and O–H groups in total. The molecule has 1 fully saturated rings. The van der Waals surface area contributed by atoms with Crippen LogP contribution in [-0.2, 0) is 4.79 Å². The smallest absolute Gasteiger partial charge is 0.228 e. The van der Waals surface area contributed by atoms with Crippen molar-refractivity contribution in [2.45, 2.75) is 11.2 Å². The van der Waals surface area contributed by atoms with Crippen LogP contribution in [-0.4, -0.2) is 22.4 Å². The number of rotatable bonds is 1. The van der Waals surface area contributed by atoms with Crippen molar-refractivity contribution in [3.05, 3.63) is 21.1 Å². The van der Waals surface area contributed by atoms with Crippen LogP contribution in [0.25, 0.3) is 0 Å². The summed E-state index contributed by atoms with van der Waals surface area (Å²) in [6, 6.07) is 3.48. The Morgan fingerprint density at radius 1 is 1.38 bits per heavy atom. The maximum absolute atomic E-state index is 11.7. The number of nitrogens with zero attached hydrogens (tertiary/aromatic N) is 1. The number of phenols is 1. The summed E-state index contributed by atoms with van der Waals surface area (Å²) in [7, 11) is 0. The van der Waals surface area contributed by atoms with Crippen LogP contribution in [0.2, 0.25) is 0 Å². The summed E-state index contributed by atoms with van der Waals surface area (Å²) in [6.45, 7) is 0.579. The van der Waals surface area contributed by atoms with E-state index in [1.165, 1.54) is 0 Å². The number of amides is 1. The SMILES string of the molecule is O=C1CC(Br)CN1c1cc(Br)cc(Br)c1O. The molecule has 0 spiro atoms. The Balaban J connectivity index is 2.44. The van der Waals surface area contributed by atoms with E-state index in [0.29, 0.717) is 23.1 Å². The van der Waals surface area contributed by atoms with E-state index in [9.17, 15) is 9.90 Å². The fourth-order valence-electron chi connectivity index (χ4n) is 1.65. The van der Waals surface area contributed by atoms with Gasteiger partial charge in [0.05, 0.1) is 10.2 Å². The molecule has 0 aromatic heterocycles. The number of aromatic hydroxyl groups is 1. The number of carbonyl (C=O) groups is 1. The molecule has 1 heterocycles. The molecule has 0 bridgehead atoms. The standard InChI is InChI=1S/C10H8Br3NO2/c11-5-1-7(13)10(16)8(2-5)14-4-6(12)3-9(14)15/h1-2,6,16H,3-4H2. The van der Waals surface area contributed by atoms with Crippen molar-refractivity contribution in [2.75, 3.05) is 11.4 Å². The molecule has 2 rings (SSSR count). The maximum Gasteiger partial charge on any atom is 0.228 e. The Kier molecular flexibility index (Phi) is 3.61. The van der Waals surface area contributed by atoms with Crippen molar-refractivity contribution in [3.63, 3.8) is 0 Å². The van der Waals surface area contributed by atoms with E-state index in [2.05, 4.69) is 47.8 Å². The topological polar surface area (TPSA) is 40.5 Å². The average molecular weight is 414 g/mol. The summed E-state index contributed by atoms with van der Waals surface area (Å²) < 4.78 is 1.39. The van der Waals surface area contributed by atoms with Crippen LogP contribution >= 0.6 is 47.8 Å². The van der Waals surface area contributed by atoms with Crippen molar-refractivity contribution in [1.82, 2.24) is 0 Å². The first-order valence-corrected chi connectivity index (χ1v) is 7.11. The molecule has 1 saturated heterocycles. The minimum atomic E-state index is 0.0159. The molecular formula is C10H8Br3NO2. The van der Waals surface area contributed by atoms with Gasteiger partial charge in [-0.3, -0.25) is 4.79 Å². The molecular weight excluding hydrogens is 406 g/mol. The molecule has 0 radical (unpaired) electrons. The first kappa shape index (κ1) is 12.4. The number of alkyl halides is 1. The highest BCUT2D eigenvalue weighted by atomic mass is 79.9. The molecule has 6 heteroatoms. The fourth-order valence-corrected chi connectivity index (χ4v) is 3.42. The lowest BCUT2D eigenvalue weighted by Gasteiger charge is -2.18. The summed E-state index contributed by atoms with van der Waals surface area (Å²) in [4.78, 5) is 13.5. The van der Waals surface area contributed by atoms with Gasteiger partial charge in [0, 0.05) is 22.3 Å². The van der Waals surface area contributed by atoms with E-state index in [1.807, 2.05) is 0 Å². The van der Waals surface area contributed by atoms with Crippen LogP contribution in [0.5, 0.6) is 5.75 Å². The quantitative estimate of drug-likeness (QED) is 0.717. The molecule has 1 aliphatic rings. The van der Waals surface area contributed by atoms with Crippen molar-refractivity contribution in [1.29, 1.82) is 0 Å². The highest BCUT2D eigenvalue weighted by molar-refractivity contribution is 9.11. The second kappa shape index (κ2) is 4.66. The summed E-state index contributed by atoms with van der Waals surface area (Å²) >= 11 is 10.00. The minimum Gasteiger partial charge on any atom is -0.505 e. The van der Waals surface area contributed by atoms with Crippen molar-refractivity contribution in [2.24, 2.45) is 0 Å². The van der Waals surface area contributed by atoms with Crippen molar-refractivity contribution >= 4 is 59.4 Å². The molecule has 0 saturated carbocycles. The van der Waals surface area contributed by atoms with Crippen LogP contribution < -0.4 is 4.90 Å². The molecule has 16 heavy (non-hydrogen) atoms. The number of hydrogen-bond donors (Lipinski definition) is 1. The molecule has 86 valence electrons. The van der Waals surface area contributed by atoms with E-state index in [4.69, 9.17) is 0 Å². The van der Waals surface area contributed by atoms with Gasteiger partial charge in [-0.25, -0.2) is 0 Å². The fraction of sp³-hybridized carbons (Fsp3) is 0.300. The second-order valence-corrected chi connectivity index (χ2v) is 6.63. The Morgan fingerprint density at radius 3 is 2.62 bits per heavy atom. The van der Waals surface area contributed by atoms with Crippen LogP contribution in [0.4, 0.5) is 5.69 Å². The minimum absolute atomic E-state index is 0.0159. The van der Waals surface area contributed by atoms with Gasteiger partial charge in [0.1, 0.15) is 0 Å². The molecule has 3 nitrogen and oxygen atoms in total. The van der Waals surface area contributed by atoms with Crippen LogP contribution in [0.15, 0.2) is 21.1 Å². The molecule has 1 aromatic carbocycles. The number of benzene rings is 1. The van der Waals surface area contributed by atoms with E-state index in [1.54, 1.807) is 17.0 Å². The first-order chi connectivity index (χ1) is 7.49. The third kappa shape index (κ3) is 2.28. The Morgan fingerprint density at radius 2 is 2.06 bits per heavy atom. The zero-order chi connectivity index (χ0) is 11.9. The van der Waals surface area contributed by atoms with Crippen molar-refractivity contribution < 1.29 is 9.90 Å². The van der Waals surface area contributed by atoms with E-state index >= 15 is 0 Å². The van der Waals surface area contributed by atoms with E-state index in [-0.39, 0.29) is 16.5 Å². The van der Waals surface area contributed by atoms with Gasteiger partial charge in [-0.1, -0.05) is 31.9 Å². The van der Waals surface area contributed by atoms with Crippen molar-refractivity contribution in [3.8, 4) is 5.75 Å². The van der Waals surface area contributed by atoms with Gasteiger partial charge >= 0.3 is 0 Å². The summed E-state index contributed by atoms with van der Waals surface area (Å²) in [5.41, 5.74) is 0.535. The van der Waals surface area contributed by atoms with Gasteiger partial charge < -0.3 is 10.0 Å². The van der Waals surface area contributed by atoms with Crippen LogP contribution in [0.1, 0.15) is 6.42 Å². The molecule has 1 atom stereocenters. The third-order valence-corrected chi connectivity index (χ3v) is 4.05. The zero-order valence-electron chi connectivity index (χ0n) is 8.08. The molecule has 1 aliphatic heterocycles. The zero-order valence-corrected chi connectivity index (χ0v) is 12.8. The molecule has 0 aliphatic carbocycles. The number of carbonyl (C=O) groups excluding carboxylic acids is 1. The average Bonchev–Trinajstić information content (AvgIpc) is 2.51. The highest BCUT2D eigenvalue weighted by Gasteiger charge is 2.30. The predicted octanol–water partition coefficient (Wildman–Crippen LogP) is 3.42. The number of hydrogen-bond acceptors (Lipinski definition) is 2. The lowest BCUT2D eigenvalue weighted by atomic mass is 10.2. The third-order valence-electron chi connectivity index (χ3n) is 2.38. The predicted molar refractivity (Wildman–Crippen MR) is 73.2 cm³/mol. The van der Waals surface area contributed by atoms with Gasteiger partial charge in [-0.15, -0.1) is 0 Å². The largest absolute Gasteiger partial charge is 0.505 e. The number of anilines is 1. The summed E-state index contributed by atoms with van der Waals surface area (Å²) in [5, 5.41) is 9.91. The van der Waals surface area contributed by atoms with Gasteiger partial charge in [0.15, 0.2) is 5.75 Å². The normalized spacial score (nSPS) is 20.6. The lowest BCUT2D eigenvalue weighted by molar-refractivity contribution is -0.117. The Hall–Kier alpha value is -0.0700. The Bertz CT molecular complexity index is 450. The first-order valence-electron chi connectivity index (χ1n) is 4.61. The molecule has 1 unspecified atom stereocenters. The van der Waals surface area contributed by atoms with Gasteiger partial charge in [-0.05, 0) is 28.1 Å². The molecule has 1 amide bonds. The highest BCUT2D eigenvalue weighted by Crippen LogP contribution is 2.39. The van der Waals surface area contributed by atoms with E-state index in [0.717, 1.165) is 4.47 Å². The Labute approximate surface area is 118 Å².